The lowest BCUT2D eigenvalue weighted by molar-refractivity contribution is -0.384. The molecule has 4 aromatic rings. The van der Waals surface area contributed by atoms with Gasteiger partial charge < -0.3 is 15.4 Å². The highest BCUT2D eigenvalue weighted by Crippen LogP contribution is 2.38. The number of hydrogen-bond acceptors (Lipinski definition) is 6. The van der Waals surface area contributed by atoms with Crippen LogP contribution in [-0.4, -0.2) is 22.9 Å². The van der Waals surface area contributed by atoms with Crippen LogP contribution in [0, 0.1) is 10.1 Å². The second-order valence-electron chi connectivity index (χ2n) is 8.44. The summed E-state index contributed by atoms with van der Waals surface area (Å²) >= 11 is 0. The third kappa shape index (κ3) is 4.50. The molecule has 0 saturated carbocycles. The number of aryl methyl sites for hydroxylation is 1. The average Bonchev–Trinajstić information content (AvgIpc) is 2.89. The van der Waals surface area contributed by atoms with Gasteiger partial charge in [0.1, 0.15) is 5.75 Å². The summed E-state index contributed by atoms with van der Waals surface area (Å²) in [4.78, 5) is 28.3. The summed E-state index contributed by atoms with van der Waals surface area (Å²) in [5.74, 6) is 0.315. The van der Waals surface area contributed by atoms with Gasteiger partial charge in [0.15, 0.2) is 0 Å². The number of hydrogen-bond donors (Lipinski definition) is 2. The number of fused-ring (bicyclic) bond motifs is 2. The summed E-state index contributed by atoms with van der Waals surface area (Å²) in [6, 6.07) is 19.0. The van der Waals surface area contributed by atoms with Gasteiger partial charge >= 0.3 is 0 Å². The summed E-state index contributed by atoms with van der Waals surface area (Å²) < 4.78 is 5.54. The number of carbonyl (C=O) groups is 1. The standard InChI is InChI=1S/C27H24N4O4/c1-35-25-12-5-4-11-24(25)30-26-20-9-2-3-10-22(20)29-23-14-13-18(16-21(23)26)28-27(32)17-7-6-8-19(15-17)31(33)34/h4-8,11-16H,2-3,9-10H2,1H3,(H,28,32)(H,29,30). The molecular formula is C27H24N4O4. The lowest BCUT2D eigenvalue weighted by Gasteiger charge is -2.23. The first-order valence-corrected chi connectivity index (χ1v) is 11.4. The van der Waals surface area contributed by atoms with E-state index in [0.29, 0.717) is 5.69 Å². The zero-order chi connectivity index (χ0) is 24.4. The molecule has 8 heteroatoms. The average molecular weight is 469 g/mol. The highest BCUT2D eigenvalue weighted by atomic mass is 16.6. The Morgan fingerprint density at radius 2 is 1.86 bits per heavy atom. The van der Waals surface area contributed by atoms with E-state index >= 15 is 0 Å². The number of amides is 1. The molecular weight excluding hydrogens is 444 g/mol. The maximum Gasteiger partial charge on any atom is 0.270 e. The van der Waals surface area contributed by atoms with Gasteiger partial charge in [-0.2, -0.15) is 0 Å². The monoisotopic (exact) mass is 468 g/mol. The molecule has 0 radical (unpaired) electrons. The van der Waals surface area contributed by atoms with Crippen LogP contribution in [0.1, 0.15) is 34.5 Å². The number of carbonyl (C=O) groups excluding carboxylic acids is 1. The highest BCUT2D eigenvalue weighted by molar-refractivity contribution is 6.06. The van der Waals surface area contributed by atoms with E-state index in [1.807, 2.05) is 36.4 Å². The Bertz CT molecular complexity index is 1450. The van der Waals surface area contributed by atoms with Crippen LogP contribution >= 0.6 is 0 Å². The number of ether oxygens (including phenoxy) is 1. The van der Waals surface area contributed by atoms with Crippen molar-refractivity contribution in [2.45, 2.75) is 25.7 Å². The van der Waals surface area contributed by atoms with Crippen molar-refractivity contribution >= 4 is 39.6 Å². The van der Waals surface area contributed by atoms with Gasteiger partial charge in [-0.3, -0.25) is 19.9 Å². The van der Waals surface area contributed by atoms with E-state index in [1.165, 1.54) is 23.8 Å². The number of anilines is 3. The lowest BCUT2D eigenvalue weighted by Crippen LogP contribution is -2.13. The quantitative estimate of drug-likeness (QED) is 0.264. The molecule has 1 heterocycles. The Balaban J connectivity index is 1.56. The Morgan fingerprint density at radius 3 is 2.69 bits per heavy atom. The van der Waals surface area contributed by atoms with Crippen molar-refractivity contribution in [3.8, 4) is 5.75 Å². The van der Waals surface area contributed by atoms with Crippen molar-refractivity contribution in [2.75, 3.05) is 17.7 Å². The predicted octanol–water partition coefficient (Wildman–Crippen LogP) is 6.03. The Morgan fingerprint density at radius 1 is 1.03 bits per heavy atom. The van der Waals surface area contributed by atoms with Crippen LogP contribution in [0.25, 0.3) is 10.9 Å². The van der Waals surface area contributed by atoms with Gasteiger partial charge in [-0.15, -0.1) is 0 Å². The second kappa shape index (κ2) is 9.42. The molecule has 2 N–H and O–H groups in total. The van der Waals surface area contributed by atoms with Gasteiger partial charge in [0.25, 0.3) is 11.6 Å². The number of nitrogens with one attached hydrogen (secondary N) is 2. The van der Waals surface area contributed by atoms with Gasteiger partial charge in [0.2, 0.25) is 0 Å². The first kappa shape index (κ1) is 22.3. The molecule has 1 amide bonds. The van der Waals surface area contributed by atoms with E-state index in [0.717, 1.165) is 59.4 Å². The molecule has 1 aliphatic rings. The van der Waals surface area contributed by atoms with Gasteiger partial charge in [-0.05, 0) is 67.6 Å². The summed E-state index contributed by atoms with van der Waals surface area (Å²) in [5.41, 5.74) is 5.57. The van der Waals surface area contributed by atoms with Crippen molar-refractivity contribution in [2.24, 2.45) is 0 Å². The molecule has 0 spiro atoms. The van der Waals surface area contributed by atoms with E-state index in [9.17, 15) is 14.9 Å². The largest absolute Gasteiger partial charge is 0.495 e. The zero-order valence-electron chi connectivity index (χ0n) is 19.2. The molecule has 176 valence electrons. The Kier molecular flexibility index (Phi) is 6.01. The molecule has 1 aromatic heterocycles. The molecule has 8 nitrogen and oxygen atoms in total. The van der Waals surface area contributed by atoms with Crippen LogP contribution in [0.3, 0.4) is 0 Å². The summed E-state index contributed by atoms with van der Waals surface area (Å²) in [6.07, 6.45) is 4.04. The topological polar surface area (TPSA) is 106 Å². The SMILES string of the molecule is COc1ccccc1Nc1c2c(nc3ccc(NC(=O)c4cccc([N+](=O)[O-])c4)cc13)CCCC2. The number of rotatable bonds is 6. The van der Waals surface area contributed by atoms with E-state index in [4.69, 9.17) is 9.72 Å². The van der Waals surface area contributed by atoms with Crippen molar-refractivity contribution < 1.29 is 14.5 Å². The van der Waals surface area contributed by atoms with Crippen molar-refractivity contribution in [3.63, 3.8) is 0 Å². The fourth-order valence-electron chi connectivity index (χ4n) is 4.49. The fourth-order valence-corrected chi connectivity index (χ4v) is 4.49. The van der Waals surface area contributed by atoms with Crippen molar-refractivity contribution in [3.05, 3.63) is 93.7 Å². The van der Waals surface area contributed by atoms with Crippen molar-refractivity contribution in [1.82, 2.24) is 4.98 Å². The number of pyridine rings is 1. The number of nitrogens with zero attached hydrogens (tertiary/aromatic N) is 2. The first-order chi connectivity index (χ1) is 17.0. The summed E-state index contributed by atoms with van der Waals surface area (Å²) in [7, 11) is 1.64. The van der Waals surface area contributed by atoms with Crippen LogP contribution in [0.2, 0.25) is 0 Å². The van der Waals surface area contributed by atoms with Crippen LogP contribution in [-0.2, 0) is 12.8 Å². The summed E-state index contributed by atoms with van der Waals surface area (Å²) in [6.45, 7) is 0. The third-order valence-electron chi connectivity index (χ3n) is 6.21. The molecule has 0 aliphatic heterocycles. The number of benzene rings is 3. The van der Waals surface area contributed by atoms with Gasteiger partial charge in [-0.1, -0.05) is 18.2 Å². The Hall–Kier alpha value is -4.46. The summed E-state index contributed by atoms with van der Waals surface area (Å²) in [5, 5.41) is 18.4. The number of nitro benzene ring substituents is 1. The van der Waals surface area contributed by atoms with Crippen LogP contribution < -0.4 is 15.4 Å². The molecule has 0 saturated heterocycles. The first-order valence-electron chi connectivity index (χ1n) is 11.4. The Labute approximate surface area is 202 Å². The molecule has 3 aromatic carbocycles. The molecule has 35 heavy (non-hydrogen) atoms. The normalized spacial score (nSPS) is 12.6. The van der Waals surface area contributed by atoms with E-state index < -0.39 is 10.8 Å². The van der Waals surface area contributed by atoms with E-state index in [-0.39, 0.29) is 11.3 Å². The van der Waals surface area contributed by atoms with Crippen LogP contribution in [0.4, 0.5) is 22.7 Å². The molecule has 5 rings (SSSR count). The second-order valence-corrected chi connectivity index (χ2v) is 8.44. The number of para-hydroxylation sites is 2. The fraction of sp³-hybridized carbons (Fsp3) is 0.185. The molecule has 1 aliphatic carbocycles. The van der Waals surface area contributed by atoms with E-state index in [2.05, 4.69) is 10.6 Å². The molecule has 0 atom stereocenters. The zero-order valence-corrected chi connectivity index (χ0v) is 19.2. The van der Waals surface area contributed by atoms with E-state index in [1.54, 1.807) is 19.2 Å². The van der Waals surface area contributed by atoms with Gasteiger partial charge in [0, 0.05) is 34.5 Å². The number of non-ortho nitro benzene ring substituents is 1. The number of methoxy groups -OCH3 is 1. The smallest absolute Gasteiger partial charge is 0.270 e. The van der Waals surface area contributed by atoms with Gasteiger partial charge in [0.05, 0.1) is 28.9 Å². The van der Waals surface area contributed by atoms with Gasteiger partial charge in [-0.25, -0.2) is 0 Å². The minimum Gasteiger partial charge on any atom is -0.495 e. The minimum absolute atomic E-state index is 0.129. The molecule has 0 unspecified atom stereocenters. The highest BCUT2D eigenvalue weighted by Gasteiger charge is 2.20. The maximum atomic E-state index is 12.8. The third-order valence-corrected chi connectivity index (χ3v) is 6.21. The molecule has 0 fully saturated rings. The van der Waals surface area contributed by atoms with Crippen LogP contribution in [0.5, 0.6) is 5.75 Å². The molecule has 0 bridgehead atoms. The lowest BCUT2D eigenvalue weighted by atomic mass is 9.92. The maximum absolute atomic E-state index is 12.8. The minimum atomic E-state index is -0.516. The number of aromatic nitrogens is 1. The predicted molar refractivity (Wildman–Crippen MR) is 136 cm³/mol. The number of nitro groups is 1. The van der Waals surface area contributed by atoms with Crippen LogP contribution in [0.15, 0.2) is 66.7 Å². The van der Waals surface area contributed by atoms with Crippen molar-refractivity contribution in [1.29, 1.82) is 0 Å².